The molecule has 1 aliphatic rings. The van der Waals surface area contributed by atoms with Crippen molar-refractivity contribution in [2.45, 2.75) is 58.8 Å². The molecule has 0 unspecified atom stereocenters. The summed E-state index contributed by atoms with van der Waals surface area (Å²) in [5.74, 6) is 1.53. The smallest absolute Gasteiger partial charge is 0.238 e. The zero-order chi connectivity index (χ0) is 24.1. The number of nitrogens with zero attached hydrogens (tertiary/aromatic N) is 4. The van der Waals surface area contributed by atoms with E-state index in [2.05, 4.69) is 21.0 Å². The van der Waals surface area contributed by atoms with Gasteiger partial charge in [0.1, 0.15) is 17.4 Å². The fourth-order valence-electron chi connectivity index (χ4n) is 4.60. The molecule has 0 saturated heterocycles. The molecule has 6 heteroatoms. The Balaban J connectivity index is 1.60. The Morgan fingerprint density at radius 2 is 1.67 bits per heavy atom. The molecule has 1 aromatic carbocycles. The summed E-state index contributed by atoms with van der Waals surface area (Å²) in [6.45, 7) is 11.6. The number of aryl methyl sites for hydroxylation is 2. The molecular weight excluding hydrogens is 412 g/mol. The van der Waals surface area contributed by atoms with Crippen LogP contribution in [0.1, 0.15) is 55.8 Å². The molecule has 3 aromatic rings. The largest absolute Gasteiger partial charge is 0.299 e. The number of carbonyl (C=O) groups is 2. The molecule has 0 spiro atoms. The van der Waals surface area contributed by atoms with Crippen LogP contribution >= 0.6 is 0 Å². The first-order chi connectivity index (χ1) is 15.4. The van der Waals surface area contributed by atoms with Gasteiger partial charge in [-0.05, 0) is 69.9 Å². The summed E-state index contributed by atoms with van der Waals surface area (Å²) < 4.78 is 0. The molecule has 1 amide bonds. The first-order valence-corrected chi connectivity index (χ1v) is 11.1. The molecule has 0 saturated carbocycles. The first-order valence-electron chi connectivity index (χ1n) is 11.1. The van der Waals surface area contributed by atoms with Crippen LogP contribution in [0.3, 0.4) is 0 Å². The van der Waals surface area contributed by atoms with Crippen molar-refractivity contribution >= 4 is 17.5 Å². The van der Waals surface area contributed by atoms with Gasteiger partial charge in [-0.3, -0.25) is 14.5 Å². The van der Waals surface area contributed by atoms with Gasteiger partial charge in [0.25, 0.3) is 0 Å². The molecule has 0 fully saturated rings. The molecule has 6 nitrogen and oxygen atoms in total. The number of hydrogen-bond acceptors (Lipinski definition) is 5. The predicted molar refractivity (Wildman–Crippen MR) is 129 cm³/mol. The van der Waals surface area contributed by atoms with E-state index >= 15 is 0 Å². The number of likely N-dealkylation sites (N-methyl/N-ethyl adjacent to an activating group) is 1. The third-order valence-corrected chi connectivity index (χ3v) is 6.83. The second-order valence-electron chi connectivity index (χ2n) is 9.98. The lowest BCUT2D eigenvalue weighted by Crippen LogP contribution is -2.33. The van der Waals surface area contributed by atoms with Crippen LogP contribution < -0.4 is 4.90 Å². The number of anilines is 1. The Morgan fingerprint density at radius 3 is 2.30 bits per heavy atom. The summed E-state index contributed by atoms with van der Waals surface area (Å²) in [5.41, 5.74) is 4.41. The Labute approximate surface area is 195 Å². The number of amides is 1. The lowest BCUT2D eigenvalue weighted by molar-refractivity contribution is -0.123. The van der Waals surface area contributed by atoms with Gasteiger partial charge in [0.15, 0.2) is 0 Å². The van der Waals surface area contributed by atoms with E-state index in [4.69, 9.17) is 0 Å². The monoisotopic (exact) mass is 442 g/mol. The molecule has 4 rings (SSSR count). The highest BCUT2D eigenvalue weighted by Crippen LogP contribution is 2.40. The average molecular weight is 443 g/mol. The minimum absolute atomic E-state index is 0.0171. The van der Waals surface area contributed by atoms with Gasteiger partial charge in [-0.2, -0.15) is 0 Å². The predicted octanol–water partition coefficient (Wildman–Crippen LogP) is 4.50. The molecule has 3 heterocycles. The summed E-state index contributed by atoms with van der Waals surface area (Å²) in [4.78, 5) is 40.7. The van der Waals surface area contributed by atoms with Gasteiger partial charge < -0.3 is 0 Å². The molecule has 1 aliphatic heterocycles. The lowest BCUT2D eigenvalue weighted by atomic mass is 9.76. The number of fused-ring (bicyclic) bond motifs is 1. The van der Waals surface area contributed by atoms with E-state index in [0.717, 1.165) is 39.2 Å². The number of rotatable bonds is 5. The molecule has 33 heavy (non-hydrogen) atoms. The number of pyridine rings is 1. The van der Waals surface area contributed by atoms with Crippen molar-refractivity contribution in [2.75, 3.05) is 11.9 Å². The standard InChI is InChI=1S/C27H30N4O2/c1-16-10-19(20-14-28-17(2)29-15-20)8-9-21(16)26(3,4)23(32)12-18-11-22-24(30-13-18)31(7)25(33)27(22,5)6/h8-11,13-15H,12H2,1-7H3. The second kappa shape index (κ2) is 7.87. The number of carbonyl (C=O) groups excluding carboxylic acids is 2. The topological polar surface area (TPSA) is 76.1 Å². The van der Waals surface area contributed by atoms with Crippen LogP contribution in [0.15, 0.2) is 42.9 Å². The summed E-state index contributed by atoms with van der Waals surface area (Å²) in [6.07, 6.45) is 5.61. The van der Waals surface area contributed by atoms with E-state index in [9.17, 15) is 9.59 Å². The quantitative estimate of drug-likeness (QED) is 0.582. The first kappa shape index (κ1) is 22.8. The molecular formula is C27H30N4O2. The molecule has 0 bridgehead atoms. The van der Waals surface area contributed by atoms with Gasteiger partial charge in [-0.25, -0.2) is 15.0 Å². The maximum absolute atomic E-state index is 13.4. The fourth-order valence-corrected chi connectivity index (χ4v) is 4.60. The Morgan fingerprint density at radius 1 is 1.00 bits per heavy atom. The molecule has 2 aromatic heterocycles. The van der Waals surface area contributed by atoms with Crippen molar-refractivity contribution in [1.29, 1.82) is 0 Å². The van der Waals surface area contributed by atoms with Crippen molar-refractivity contribution in [1.82, 2.24) is 15.0 Å². The normalized spacial score (nSPS) is 15.0. The van der Waals surface area contributed by atoms with Crippen molar-refractivity contribution in [3.05, 3.63) is 70.9 Å². The van der Waals surface area contributed by atoms with Gasteiger partial charge in [0.2, 0.25) is 5.91 Å². The summed E-state index contributed by atoms with van der Waals surface area (Å²) in [7, 11) is 1.74. The minimum Gasteiger partial charge on any atom is -0.299 e. The summed E-state index contributed by atoms with van der Waals surface area (Å²) in [6, 6.07) is 8.09. The van der Waals surface area contributed by atoms with E-state index in [1.54, 1.807) is 18.1 Å². The SMILES string of the molecule is Cc1ncc(-c2ccc(C(C)(C)C(=O)Cc3cnc4c(c3)C(C)(C)C(=O)N4C)c(C)c2)cn1. The minimum atomic E-state index is -0.673. The average Bonchev–Trinajstić information content (AvgIpc) is 2.94. The Kier molecular flexibility index (Phi) is 5.43. The molecule has 0 aliphatic carbocycles. The van der Waals surface area contributed by atoms with Crippen LogP contribution in [0, 0.1) is 13.8 Å². The Bertz CT molecular complexity index is 1260. The molecule has 0 radical (unpaired) electrons. The molecule has 0 atom stereocenters. The number of ketones is 1. The zero-order valence-corrected chi connectivity index (χ0v) is 20.4. The van der Waals surface area contributed by atoms with Gasteiger partial charge in [-0.1, -0.05) is 18.2 Å². The van der Waals surface area contributed by atoms with Gasteiger partial charge in [-0.15, -0.1) is 0 Å². The Hall–Kier alpha value is -3.41. The molecule has 170 valence electrons. The van der Waals surface area contributed by atoms with Crippen LogP contribution in [-0.2, 0) is 26.8 Å². The van der Waals surface area contributed by atoms with Crippen molar-refractivity contribution in [2.24, 2.45) is 0 Å². The van der Waals surface area contributed by atoms with Crippen LogP contribution in [0.2, 0.25) is 0 Å². The van der Waals surface area contributed by atoms with Crippen LogP contribution in [0.5, 0.6) is 0 Å². The third kappa shape index (κ3) is 3.84. The summed E-state index contributed by atoms with van der Waals surface area (Å²) >= 11 is 0. The van der Waals surface area contributed by atoms with Gasteiger partial charge in [0, 0.05) is 48.6 Å². The van der Waals surface area contributed by atoms with Gasteiger partial charge >= 0.3 is 0 Å². The number of aromatic nitrogens is 3. The highest BCUT2D eigenvalue weighted by Gasteiger charge is 2.43. The van der Waals surface area contributed by atoms with E-state index in [1.807, 2.05) is 72.1 Å². The number of benzene rings is 1. The number of Topliss-reactive ketones (excluding diaryl/α,β-unsaturated/α-hetero) is 1. The third-order valence-electron chi connectivity index (χ3n) is 6.83. The van der Waals surface area contributed by atoms with Crippen molar-refractivity contribution in [3.8, 4) is 11.1 Å². The van der Waals surface area contributed by atoms with E-state index < -0.39 is 10.8 Å². The van der Waals surface area contributed by atoms with E-state index in [1.165, 1.54) is 0 Å². The maximum atomic E-state index is 13.4. The van der Waals surface area contributed by atoms with E-state index in [-0.39, 0.29) is 18.1 Å². The molecule has 0 N–H and O–H groups in total. The highest BCUT2D eigenvalue weighted by atomic mass is 16.2. The van der Waals surface area contributed by atoms with Crippen LogP contribution in [0.25, 0.3) is 11.1 Å². The van der Waals surface area contributed by atoms with Crippen molar-refractivity contribution in [3.63, 3.8) is 0 Å². The summed E-state index contributed by atoms with van der Waals surface area (Å²) in [5, 5.41) is 0. The maximum Gasteiger partial charge on any atom is 0.238 e. The highest BCUT2D eigenvalue weighted by molar-refractivity contribution is 6.06. The lowest BCUT2D eigenvalue weighted by Gasteiger charge is -2.26. The number of hydrogen-bond donors (Lipinski definition) is 0. The van der Waals surface area contributed by atoms with Gasteiger partial charge in [0.05, 0.1) is 5.41 Å². The second-order valence-corrected chi connectivity index (χ2v) is 9.98. The van der Waals surface area contributed by atoms with Crippen LogP contribution in [0.4, 0.5) is 5.82 Å². The fraction of sp³-hybridized carbons (Fsp3) is 0.370. The van der Waals surface area contributed by atoms with Crippen molar-refractivity contribution < 1.29 is 9.59 Å². The van der Waals surface area contributed by atoms with E-state index in [0.29, 0.717) is 5.82 Å². The zero-order valence-electron chi connectivity index (χ0n) is 20.4. The van der Waals surface area contributed by atoms with Crippen LogP contribution in [-0.4, -0.2) is 33.7 Å².